The van der Waals surface area contributed by atoms with Gasteiger partial charge in [-0.3, -0.25) is 4.68 Å². The van der Waals surface area contributed by atoms with Crippen LogP contribution in [-0.2, 0) is 7.05 Å². The van der Waals surface area contributed by atoms with Crippen LogP contribution in [0.1, 0.15) is 5.56 Å². The minimum atomic E-state index is 0.869. The molecule has 0 unspecified atom stereocenters. The van der Waals surface area contributed by atoms with E-state index >= 15 is 0 Å². The van der Waals surface area contributed by atoms with E-state index in [2.05, 4.69) is 15.1 Å². The molecule has 0 bridgehead atoms. The van der Waals surface area contributed by atoms with E-state index < -0.39 is 0 Å². The molecule has 0 atom stereocenters. The number of nitrogens with zero attached hydrogens (tertiary/aromatic N) is 4. The Labute approximate surface area is 76.3 Å². The first kappa shape index (κ1) is 7.91. The molecule has 4 nitrogen and oxygen atoms in total. The van der Waals surface area contributed by atoms with Gasteiger partial charge in [0.15, 0.2) is 0 Å². The lowest BCUT2D eigenvalue weighted by Gasteiger charge is -1.94. The zero-order chi connectivity index (χ0) is 9.26. The number of aryl methyl sites for hydroxylation is 2. The van der Waals surface area contributed by atoms with E-state index in [1.54, 1.807) is 10.9 Å². The summed E-state index contributed by atoms with van der Waals surface area (Å²) in [4.78, 5) is 8.00. The van der Waals surface area contributed by atoms with Crippen LogP contribution in [0.4, 0.5) is 0 Å². The van der Waals surface area contributed by atoms with Gasteiger partial charge in [0.2, 0.25) is 0 Å². The maximum atomic E-state index is 4.31. The number of hydrogen-bond donors (Lipinski definition) is 0. The second-order valence-corrected chi connectivity index (χ2v) is 2.93. The average Bonchev–Trinajstić information content (AvgIpc) is 2.47. The van der Waals surface area contributed by atoms with E-state index in [1.807, 2.05) is 26.2 Å². The summed E-state index contributed by atoms with van der Waals surface area (Å²) in [6.45, 7) is 2.02. The van der Waals surface area contributed by atoms with E-state index in [4.69, 9.17) is 0 Å². The van der Waals surface area contributed by atoms with Crippen molar-refractivity contribution in [3.05, 3.63) is 30.4 Å². The van der Waals surface area contributed by atoms with Gasteiger partial charge in [0.25, 0.3) is 0 Å². The van der Waals surface area contributed by atoms with Crippen LogP contribution in [0, 0.1) is 6.92 Å². The molecule has 4 heteroatoms. The topological polar surface area (TPSA) is 43.6 Å². The molecule has 0 saturated heterocycles. The van der Waals surface area contributed by atoms with Gasteiger partial charge in [-0.25, -0.2) is 9.97 Å². The summed E-state index contributed by atoms with van der Waals surface area (Å²) >= 11 is 0. The first-order valence-electron chi connectivity index (χ1n) is 4.04. The van der Waals surface area contributed by atoms with Gasteiger partial charge in [-0.1, -0.05) is 0 Å². The summed E-state index contributed by atoms with van der Waals surface area (Å²) in [5.74, 6) is 0. The van der Waals surface area contributed by atoms with E-state index in [0.717, 1.165) is 17.0 Å². The van der Waals surface area contributed by atoms with E-state index in [0.29, 0.717) is 0 Å². The molecule has 0 aliphatic rings. The molecule has 2 aromatic rings. The third-order valence-corrected chi connectivity index (χ3v) is 1.84. The highest BCUT2D eigenvalue weighted by molar-refractivity contribution is 5.56. The van der Waals surface area contributed by atoms with E-state index in [1.165, 1.54) is 6.33 Å². The van der Waals surface area contributed by atoms with Gasteiger partial charge in [-0.05, 0) is 18.6 Å². The Morgan fingerprint density at radius 1 is 1.38 bits per heavy atom. The Kier molecular flexibility index (Phi) is 1.81. The molecule has 13 heavy (non-hydrogen) atoms. The molecular weight excluding hydrogens is 164 g/mol. The molecule has 0 aliphatic heterocycles. The van der Waals surface area contributed by atoms with Crippen molar-refractivity contribution in [1.82, 2.24) is 19.7 Å². The van der Waals surface area contributed by atoms with Crippen LogP contribution in [0.2, 0.25) is 0 Å². The molecule has 0 aromatic carbocycles. The molecule has 66 valence electrons. The molecule has 2 aromatic heterocycles. The number of rotatable bonds is 1. The molecule has 0 fully saturated rings. The van der Waals surface area contributed by atoms with Crippen molar-refractivity contribution < 1.29 is 0 Å². The van der Waals surface area contributed by atoms with Gasteiger partial charge in [0.1, 0.15) is 12.0 Å². The normalized spacial score (nSPS) is 10.3. The lowest BCUT2D eigenvalue weighted by molar-refractivity contribution is 0.769. The molecule has 2 rings (SSSR count). The van der Waals surface area contributed by atoms with Crippen molar-refractivity contribution in [2.24, 2.45) is 7.05 Å². The third kappa shape index (κ3) is 1.42. The average molecular weight is 174 g/mol. The molecule has 0 radical (unpaired) electrons. The van der Waals surface area contributed by atoms with Crippen molar-refractivity contribution in [3.8, 4) is 11.4 Å². The van der Waals surface area contributed by atoms with Gasteiger partial charge >= 0.3 is 0 Å². The van der Waals surface area contributed by atoms with Crippen LogP contribution in [0.3, 0.4) is 0 Å². The van der Waals surface area contributed by atoms with E-state index in [-0.39, 0.29) is 0 Å². The molecule has 2 heterocycles. The molecule has 0 saturated carbocycles. The number of hydrogen-bond acceptors (Lipinski definition) is 3. The van der Waals surface area contributed by atoms with Crippen LogP contribution in [0.15, 0.2) is 24.8 Å². The fourth-order valence-corrected chi connectivity index (χ4v) is 1.29. The van der Waals surface area contributed by atoms with Crippen molar-refractivity contribution in [3.63, 3.8) is 0 Å². The Morgan fingerprint density at radius 3 is 2.77 bits per heavy atom. The van der Waals surface area contributed by atoms with Crippen LogP contribution in [0.25, 0.3) is 11.4 Å². The minimum absolute atomic E-state index is 0.869. The summed E-state index contributed by atoms with van der Waals surface area (Å²) in [6.07, 6.45) is 5.22. The standard InChI is InChI=1S/C9H10N4/c1-7-5-13(2)12-9(7)8-3-4-10-6-11-8/h3-6H,1-2H3. The van der Waals surface area contributed by atoms with Crippen LogP contribution in [-0.4, -0.2) is 19.7 Å². The molecule has 0 aliphatic carbocycles. The highest BCUT2D eigenvalue weighted by Gasteiger charge is 2.06. The van der Waals surface area contributed by atoms with Crippen molar-refractivity contribution in [1.29, 1.82) is 0 Å². The zero-order valence-electron chi connectivity index (χ0n) is 7.60. The molecule has 0 spiro atoms. The molecule has 0 N–H and O–H groups in total. The Hall–Kier alpha value is -1.71. The first-order chi connectivity index (χ1) is 6.27. The van der Waals surface area contributed by atoms with Crippen LogP contribution < -0.4 is 0 Å². The van der Waals surface area contributed by atoms with Crippen molar-refractivity contribution in [2.75, 3.05) is 0 Å². The predicted octanol–water partition coefficient (Wildman–Crippen LogP) is 1.19. The fraction of sp³-hybridized carbons (Fsp3) is 0.222. The second-order valence-electron chi connectivity index (χ2n) is 2.93. The highest BCUT2D eigenvalue weighted by atomic mass is 15.3. The summed E-state index contributed by atoms with van der Waals surface area (Å²) in [7, 11) is 1.90. The summed E-state index contributed by atoms with van der Waals surface area (Å²) in [5.41, 5.74) is 2.92. The van der Waals surface area contributed by atoms with Gasteiger partial charge in [0, 0.05) is 19.4 Å². The quantitative estimate of drug-likeness (QED) is 0.652. The van der Waals surface area contributed by atoms with E-state index in [9.17, 15) is 0 Å². The maximum Gasteiger partial charge on any atom is 0.116 e. The minimum Gasteiger partial charge on any atom is -0.275 e. The van der Waals surface area contributed by atoms with Crippen LogP contribution in [0.5, 0.6) is 0 Å². The van der Waals surface area contributed by atoms with Crippen LogP contribution >= 0.6 is 0 Å². The monoisotopic (exact) mass is 174 g/mol. The fourth-order valence-electron chi connectivity index (χ4n) is 1.29. The highest BCUT2D eigenvalue weighted by Crippen LogP contribution is 2.17. The van der Waals surface area contributed by atoms with Gasteiger partial charge in [-0.15, -0.1) is 0 Å². The maximum absolute atomic E-state index is 4.31. The molecule has 0 amide bonds. The largest absolute Gasteiger partial charge is 0.275 e. The van der Waals surface area contributed by atoms with Gasteiger partial charge < -0.3 is 0 Å². The molecular formula is C9H10N4. The van der Waals surface area contributed by atoms with Gasteiger partial charge in [-0.2, -0.15) is 5.10 Å². The zero-order valence-corrected chi connectivity index (χ0v) is 7.60. The Bertz CT molecular complexity index is 405. The lowest BCUT2D eigenvalue weighted by atomic mass is 10.2. The summed E-state index contributed by atoms with van der Waals surface area (Å²) in [6, 6.07) is 1.86. The second kappa shape index (κ2) is 2.97. The van der Waals surface area contributed by atoms with Crippen molar-refractivity contribution >= 4 is 0 Å². The first-order valence-corrected chi connectivity index (χ1v) is 4.04. The summed E-state index contributed by atoms with van der Waals surface area (Å²) in [5, 5.41) is 4.31. The predicted molar refractivity (Wildman–Crippen MR) is 49.0 cm³/mol. The Morgan fingerprint density at radius 2 is 2.23 bits per heavy atom. The smallest absolute Gasteiger partial charge is 0.116 e. The third-order valence-electron chi connectivity index (χ3n) is 1.84. The lowest BCUT2D eigenvalue weighted by Crippen LogP contribution is -1.89. The number of aromatic nitrogens is 4. The SMILES string of the molecule is Cc1cn(C)nc1-c1ccncn1. The Balaban J connectivity index is 2.53. The van der Waals surface area contributed by atoms with Crippen molar-refractivity contribution in [2.45, 2.75) is 6.92 Å². The van der Waals surface area contributed by atoms with Gasteiger partial charge in [0.05, 0.1) is 5.69 Å². The summed E-state index contributed by atoms with van der Waals surface area (Å²) < 4.78 is 1.78.